The highest BCUT2D eigenvalue weighted by atomic mass is 19.1. The number of halogens is 1. The first-order valence-corrected chi connectivity index (χ1v) is 6.80. The quantitative estimate of drug-likeness (QED) is 0.903. The molecule has 1 N–H and O–H groups in total. The lowest BCUT2D eigenvalue weighted by Crippen LogP contribution is -2.42. The number of rotatable bonds is 4. The third kappa shape index (κ3) is 3.76. The van der Waals surface area contributed by atoms with Gasteiger partial charge in [0.15, 0.2) is 0 Å². The number of likely N-dealkylation sites (tertiary alicyclic amines) is 1. The summed E-state index contributed by atoms with van der Waals surface area (Å²) in [5.41, 5.74) is 1.28. The van der Waals surface area contributed by atoms with Crippen molar-refractivity contribution in [2.45, 2.75) is 31.8 Å². The van der Waals surface area contributed by atoms with Crippen molar-refractivity contribution >= 4 is 0 Å². The number of hydrogen-bond donors (Lipinski definition) is 1. The van der Waals surface area contributed by atoms with Crippen LogP contribution in [0.5, 0.6) is 0 Å². The fraction of sp³-hybridized carbons (Fsp3) is 0.533. The second-order valence-electron chi connectivity index (χ2n) is 5.17. The third-order valence-corrected chi connectivity index (χ3v) is 3.80. The maximum atomic E-state index is 13.2. The molecule has 1 aromatic rings. The summed E-state index contributed by atoms with van der Waals surface area (Å²) in [6.45, 7) is 2.58. The van der Waals surface area contributed by atoms with Crippen molar-refractivity contribution in [2.75, 3.05) is 20.1 Å². The molecule has 0 bridgehead atoms. The van der Waals surface area contributed by atoms with E-state index in [-0.39, 0.29) is 5.82 Å². The molecule has 0 aromatic heterocycles. The normalized spacial score (nSPS) is 20.2. The SMILES string of the molecule is CN1CCCCC1CNCc1cc(F)ccc1C#N. The molecule has 0 radical (unpaired) electrons. The third-order valence-electron chi connectivity index (χ3n) is 3.80. The first-order chi connectivity index (χ1) is 9.20. The van der Waals surface area contributed by atoms with Crippen molar-refractivity contribution in [1.29, 1.82) is 5.26 Å². The van der Waals surface area contributed by atoms with Crippen LogP contribution in [0.25, 0.3) is 0 Å². The largest absolute Gasteiger partial charge is 0.311 e. The maximum absolute atomic E-state index is 13.2. The second-order valence-corrected chi connectivity index (χ2v) is 5.17. The van der Waals surface area contributed by atoms with E-state index in [2.05, 4.69) is 23.3 Å². The molecular weight excluding hydrogens is 241 g/mol. The van der Waals surface area contributed by atoms with E-state index in [4.69, 9.17) is 5.26 Å². The Morgan fingerprint density at radius 1 is 1.47 bits per heavy atom. The van der Waals surface area contributed by atoms with Crippen LogP contribution in [0.3, 0.4) is 0 Å². The predicted molar refractivity (Wildman–Crippen MR) is 73.1 cm³/mol. The van der Waals surface area contributed by atoms with Crippen LogP contribution in [-0.4, -0.2) is 31.1 Å². The topological polar surface area (TPSA) is 39.1 Å². The van der Waals surface area contributed by atoms with Gasteiger partial charge in [-0.25, -0.2) is 4.39 Å². The Morgan fingerprint density at radius 2 is 2.32 bits per heavy atom. The van der Waals surface area contributed by atoms with Crippen LogP contribution in [0.15, 0.2) is 18.2 Å². The summed E-state index contributed by atoms with van der Waals surface area (Å²) in [5.74, 6) is -0.286. The minimum Gasteiger partial charge on any atom is -0.311 e. The average Bonchev–Trinajstić information content (AvgIpc) is 2.41. The number of piperidine rings is 1. The van der Waals surface area contributed by atoms with Gasteiger partial charge in [-0.15, -0.1) is 0 Å². The molecule has 0 aliphatic carbocycles. The Kier molecular flexibility index (Phi) is 4.89. The molecule has 1 atom stereocenters. The zero-order valence-electron chi connectivity index (χ0n) is 11.3. The zero-order valence-corrected chi connectivity index (χ0v) is 11.3. The highest BCUT2D eigenvalue weighted by Gasteiger charge is 2.18. The van der Waals surface area contributed by atoms with Crippen molar-refractivity contribution < 1.29 is 4.39 Å². The van der Waals surface area contributed by atoms with Crippen LogP contribution in [0.4, 0.5) is 4.39 Å². The van der Waals surface area contributed by atoms with E-state index in [1.54, 1.807) is 6.07 Å². The fourth-order valence-corrected chi connectivity index (χ4v) is 2.59. The van der Waals surface area contributed by atoms with E-state index < -0.39 is 0 Å². The number of benzene rings is 1. The van der Waals surface area contributed by atoms with Crippen molar-refractivity contribution in [2.24, 2.45) is 0 Å². The lowest BCUT2D eigenvalue weighted by molar-refractivity contribution is 0.181. The summed E-state index contributed by atoms with van der Waals surface area (Å²) in [6, 6.07) is 6.96. The molecule has 0 amide bonds. The first-order valence-electron chi connectivity index (χ1n) is 6.80. The Bertz CT molecular complexity index is 467. The molecule has 1 aliphatic rings. The summed E-state index contributed by atoms with van der Waals surface area (Å²) in [7, 11) is 2.15. The van der Waals surface area contributed by atoms with Crippen molar-refractivity contribution in [3.8, 4) is 6.07 Å². The van der Waals surface area contributed by atoms with Crippen LogP contribution in [0.2, 0.25) is 0 Å². The van der Waals surface area contributed by atoms with Gasteiger partial charge in [-0.3, -0.25) is 0 Å². The van der Waals surface area contributed by atoms with E-state index in [1.807, 2.05) is 0 Å². The van der Waals surface area contributed by atoms with Gasteiger partial charge in [0.2, 0.25) is 0 Å². The van der Waals surface area contributed by atoms with E-state index in [0.29, 0.717) is 18.2 Å². The first kappa shape index (κ1) is 14.0. The Morgan fingerprint density at radius 3 is 3.05 bits per heavy atom. The molecule has 1 aromatic carbocycles. The van der Waals surface area contributed by atoms with Crippen molar-refractivity contribution in [3.63, 3.8) is 0 Å². The molecule has 1 fully saturated rings. The van der Waals surface area contributed by atoms with E-state index in [9.17, 15) is 4.39 Å². The van der Waals surface area contributed by atoms with E-state index >= 15 is 0 Å². The van der Waals surface area contributed by atoms with Gasteiger partial charge in [0.25, 0.3) is 0 Å². The average molecular weight is 261 g/mol. The number of nitrogens with one attached hydrogen (secondary N) is 1. The van der Waals surface area contributed by atoms with Crippen LogP contribution >= 0.6 is 0 Å². The standard InChI is InChI=1S/C15H20FN3/c1-19-7-3-2-4-15(19)11-18-10-13-8-14(16)6-5-12(13)9-17/h5-6,8,15,18H,2-4,7,10-11H2,1H3. The van der Waals surface area contributed by atoms with Crippen molar-refractivity contribution in [3.05, 3.63) is 35.1 Å². The highest BCUT2D eigenvalue weighted by molar-refractivity contribution is 5.37. The molecule has 0 saturated carbocycles. The molecule has 4 heteroatoms. The molecule has 2 rings (SSSR count). The Balaban J connectivity index is 1.88. The van der Waals surface area contributed by atoms with Gasteiger partial charge < -0.3 is 10.2 Å². The van der Waals surface area contributed by atoms with Gasteiger partial charge in [0, 0.05) is 19.1 Å². The van der Waals surface area contributed by atoms with Crippen LogP contribution in [0.1, 0.15) is 30.4 Å². The molecule has 1 heterocycles. The molecule has 1 unspecified atom stereocenters. The van der Waals surface area contributed by atoms with E-state index in [0.717, 1.165) is 18.7 Å². The number of nitriles is 1. The van der Waals surface area contributed by atoms with Gasteiger partial charge in [0.05, 0.1) is 11.6 Å². The molecular formula is C15H20FN3. The number of likely N-dealkylation sites (N-methyl/N-ethyl adjacent to an activating group) is 1. The van der Waals surface area contributed by atoms with E-state index in [1.165, 1.54) is 31.4 Å². The lowest BCUT2D eigenvalue weighted by Gasteiger charge is -2.32. The van der Waals surface area contributed by atoms with Gasteiger partial charge in [-0.1, -0.05) is 6.42 Å². The fourth-order valence-electron chi connectivity index (χ4n) is 2.59. The molecule has 102 valence electrons. The Hall–Kier alpha value is -1.44. The molecule has 0 spiro atoms. The number of nitrogens with zero attached hydrogens (tertiary/aromatic N) is 2. The predicted octanol–water partition coefficient (Wildman–Crippen LogP) is 2.27. The van der Waals surface area contributed by atoms with Gasteiger partial charge in [-0.05, 0) is 50.2 Å². The smallest absolute Gasteiger partial charge is 0.123 e. The lowest BCUT2D eigenvalue weighted by atomic mass is 10.0. The summed E-state index contributed by atoms with van der Waals surface area (Å²) in [5, 5.41) is 12.3. The minimum absolute atomic E-state index is 0.286. The number of hydrogen-bond acceptors (Lipinski definition) is 3. The summed E-state index contributed by atoms with van der Waals surface area (Å²) in [6.07, 6.45) is 3.76. The van der Waals surface area contributed by atoms with Crippen molar-refractivity contribution in [1.82, 2.24) is 10.2 Å². The second kappa shape index (κ2) is 6.65. The van der Waals surface area contributed by atoms with Crippen LogP contribution < -0.4 is 5.32 Å². The van der Waals surface area contributed by atoms with Gasteiger partial charge in [0.1, 0.15) is 5.82 Å². The highest BCUT2D eigenvalue weighted by Crippen LogP contribution is 2.15. The van der Waals surface area contributed by atoms with Gasteiger partial charge >= 0.3 is 0 Å². The molecule has 1 saturated heterocycles. The summed E-state index contributed by atoms with van der Waals surface area (Å²) < 4.78 is 13.2. The summed E-state index contributed by atoms with van der Waals surface area (Å²) >= 11 is 0. The summed E-state index contributed by atoms with van der Waals surface area (Å²) in [4.78, 5) is 2.37. The molecule has 1 aliphatic heterocycles. The van der Waals surface area contributed by atoms with Crippen LogP contribution in [0, 0.1) is 17.1 Å². The minimum atomic E-state index is -0.286. The van der Waals surface area contributed by atoms with Crippen LogP contribution in [-0.2, 0) is 6.54 Å². The molecule has 19 heavy (non-hydrogen) atoms. The maximum Gasteiger partial charge on any atom is 0.123 e. The van der Waals surface area contributed by atoms with Gasteiger partial charge in [-0.2, -0.15) is 5.26 Å². The molecule has 3 nitrogen and oxygen atoms in total. The Labute approximate surface area is 114 Å². The monoisotopic (exact) mass is 261 g/mol. The zero-order chi connectivity index (χ0) is 13.7.